The Bertz CT molecular complexity index is 607. The van der Waals surface area contributed by atoms with Gasteiger partial charge in [0.25, 0.3) is 10.1 Å². The number of alkyl carbamates (subject to hydrolysis) is 1. The van der Waals surface area contributed by atoms with Gasteiger partial charge in [-0.25, -0.2) is 4.79 Å². The summed E-state index contributed by atoms with van der Waals surface area (Å²) >= 11 is 0. The van der Waals surface area contributed by atoms with E-state index in [4.69, 9.17) is 8.92 Å². The highest BCUT2D eigenvalue weighted by Crippen LogP contribution is 2.21. The molecule has 0 aliphatic heterocycles. The minimum Gasteiger partial charge on any atom is -0.444 e. The summed E-state index contributed by atoms with van der Waals surface area (Å²) in [5, 5.41) is 2.77. The molecule has 1 N–H and O–H groups in total. The van der Waals surface area contributed by atoms with E-state index in [1.807, 2.05) is 30.3 Å². The van der Waals surface area contributed by atoms with Crippen molar-refractivity contribution in [3.63, 3.8) is 0 Å². The summed E-state index contributed by atoms with van der Waals surface area (Å²) in [7, 11) is -3.55. The lowest BCUT2D eigenvalue weighted by atomic mass is 10.0. The Kier molecular flexibility index (Phi) is 6.58. The standard InChI is InChI=1S/C16H25NO5S/c1-12(22-23(5,19)20)11-14(13-9-7-6-8-10-13)17-15(18)21-16(2,3)4/h6-10,12,14H,11H2,1-5H3,(H,17,18)/t12-,14-/m0/s1. The summed E-state index contributed by atoms with van der Waals surface area (Å²) in [4.78, 5) is 12.0. The van der Waals surface area contributed by atoms with Crippen LogP contribution >= 0.6 is 0 Å². The average Bonchev–Trinajstić information content (AvgIpc) is 2.34. The number of rotatable bonds is 6. The van der Waals surface area contributed by atoms with Crippen LogP contribution in [0.4, 0.5) is 4.79 Å². The van der Waals surface area contributed by atoms with Gasteiger partial charge in [-0.1, -0.05) is 30.3 Å². The predicted molar refractivity (Wildman–Crippen MR) is 88.6 cm³/mol. The number of hydrogen-bond donors (Lipinski definition) is 1. The molecule has 130 valence electrons. The zero-order valence-electron chi connectivity index (χ0n) is 14.2. The highest BCUT2D eigenvalue weighted by atomic mass is 32.2. The first-order valence-corrected chi connectivity index (χ1v) is 9.20. The fourth-order valence-electron chi connectivity index (χ4n) is 2.08. The van der Waals surface area contributed by atoms with Crippen LogP contribution in [0.3, 0.4) is 0 Å². The number of amides is 1. The lowest BCUT2D eigenvalue weighted by Gasteiger charge is -2.25. The molecule has 0 spiro atoms. The van der Waals surface area contributed by atoms with Crippen molar-refractivity contribution in [2.75, 3.05) is 6.26 Å². The molecule has 2 atom stereocenters. The molecule has 0 bridgehead atoms. The number of benzene rings is 1. The SMILES string of the molecule is C[C@@H](C[C@H](NC(=O)OC(C)(C)C)c1ccccc1)OS(C)(=O)=O. The molecule has 6 nitrogen and oxygen atoms in total. The Morgan fingerprint density at radius 1 is 1.22 bits per heavy atom. The van der Waals surface area contributed by atoms with E-state index in [0.29, 0.717) is 6.42 Å². The zero-order chi connectivity index (χ0) is 17.7. The van der Waals surface area contributed by atoms with E-state index in [0.717, 1.165) is 11.8 Å². The van der Waals surface area contributed by atoms with Gasteiger partial charge < -0.3 is 10.1 Å². The Morgan fingerprint density at radius 2 is 1.78 bits per heavy atom. The lowest BCUT2D eigenvalue weighted by Crippen LogP contribution is -2.36. The lowest BCUT2D eigenvalue weighted by molar-refractivity contribution is 0.0491. The van der Waals surface area contributed by atoms with Crippen LogP contribution in [0.2, 0.25) is 0 Å². The largest absolute Gasteiger partial charge is 0.444 e. The summed E-state index contributed by atoms with van der Waals surface area (Å²) < 4.78 is 32.7. The Balaban J connectivity index is 2.84. The van der Waals surface area contributed by atoms with Crippen LogP contribution in [0.15, 0.2) is 30.3 Å². The van der Waals surface area contributed by atoms with E-state index >= 15 is 0 Å². The molecule has 23 heavy (non-hydrogen) atoms. The fourth-order valence-corrected chi connectivity index (χ4v) is 2.76. The van der Waals surface area contributed by atoms with Gasteiger partial charge in [0.2, 0.25) is 0 Å². The van der Waals surface area contributed by atoms with Gasteiger partial charge in [0.1, 0.15) is 5.60 Å². The average molecular weight is 343 g/mol. The van der Waals surface area contributed by atoms with E-state index < -0.39 is 34.0 Å². The predicted octanol–water partition coefficient (Wildman–Crippen LogP) is 3.01. The third-order valence-electron chi connectivity index (χ3n) is 2.80. The van der Waals surface area contributed by atoms with Crippen LogP contribution in [-0.4, -0.2) is 32.5 Å². The first-order chi connectivity index (χ1) is 10.5. The van der Waals surface area contributed by atoms with Gasteiger partial charge in [-0.3, -0.25) is 4.18 Å². The van der Waals surface area contributed by atoms with E-state index in [9.17, 15) is 13.2 Å². The molecule has 0 fully saturated rings. The molecule has 0 radical (unpaired) electrons. The summed E-state index contributed by atoms with van der Waals surface area (Å²) in [6.07, 6.45) is 0.168. The Labute approximate surface area is 138 Å². The summed E-state index contributed by atoms with van der Waals surface area (Å²) in [6.45, 7) is 6.98. The van der Waals surface area contributed by atoms with Crippen molar-refractivity contribution in [3.8, 4) is 0 Å². The Hall–Kier alpha value is -1.60. The number of carbonyl (C=O) groups excluding carboxylic acids is 1. The van der Waals surface area contributed by atoms with Gasteiger partial charge in [-0.05, 0) is 39.7 Å². The molecule has 1 rings (SSSR count). The van der Waals surface area contributed by atoms with E-state index in [1.54, 1.807) is 27.7 Å². The summed E-state index contributed by atoms with van der Waals surface area (Å²) in [5.74, 6) is 0. The van der Waals surface area contributed by atoms with Crippen molar-refractivity contribution in [1.82, 2.24) is 5.32 Å². The molecular formula is C16H25NO5S. The van der Waals surface area contributed by atoms with Crippen molar-refractivity contribution < 1.29 is 22.1 Å². The molecule has 1 aromatic carbocycles. The maximum absolute atomic E-state index is 12.0. The van der Waals surface area contributed by atoms with E-state index in [-0.39, 0.29) is 0 Å². The van der Waals surface area contributed by atoms with Crippen molar-refractivity contribution in [2.24, 2.45) is 0 Å². The molecule has 0 heterocycles. The highest BCUT2D eigenvalue weighted by molar-refractivity contribution is 7.86. The number of hydrogen-bond acceptors (Lipinski definition) is 5. The van der Waals surface area contributed by atoms with Gasteiger partial charge in [-0.15, -0.1) is 0 Å². The quantitative estimate of drug-likeness (QED) is 0.803. The van der Waals surface area contributed by atoms with Crippen LogP contribution in [0.25, 0.3) is 0 Å². The third-order valence-corrected chi connectivity index (χ3v) is 3.48. The second-order valence-electron chi connectivity index (χ2n) is 6.46. The fraction of sp³-hybridized carbons (Fsp3) is 0.562. The van der Waals surface area contributed by atoms with Gasteiger partial charge in [0, 0.05) is 0 Å². The molecule has 0 aliphatic rings. The molecule has 1 aromatic rings. The minimum atomic E-state index is -3.55. The summed E-state index contributed by atoms with van der Waals surface area (Å²) in [6, 6.07) is 8.86. The number of nitrogens with one attached hydrogen (secondary N) is 1. The van der Waals surface area contributed by atoms with Crippen LogP contribution in [0.1, 0.15) is 45.7 Å². The number of ether oxygens (including phenoxy) is 1. The van der Waals surface area contributed by atoms with Crippen LogP contribution in [0.5, 0.6) is 0 Å². The second kappa shape index (κ2) is 7.79. The molecule has 0 saturated heterocycles. The van der Waals surface area contributed by atoms with Gasteiger partial charge in [-0.2, -0.15) is 8.42 Å². The molecular weight excluding hydrogens is 318 g/mol. The van der Waals surface area contributed by atoms with Crippen LogP contribution in [0, 0.1) is 0 Å². The third kappa shape index (κ3) is 8.56. The van der Waals surface area contributed by atoms with Crippen molar-refractivity contribution in [3.05, 3.63) is 35.9 Å². The van der Waals surface area contributed by atoms with E-state index in [1.165, 1.54) is 0 Å². The van der Waals surface area contributed by atoms with Crippen molar-refractivity contribution in [2.45, 2.75) is 51.9 Å². The monoisotopic (exact) mass is 343 g/mol. The van der Waals surface area contributed by atoms with E-state index in [2.05, 4.69) is 5.32 Å². The smallest absolute Gasteiger partial charge is 0.408 e. The maximum atomic E-state index is 12.0. The molecule has 0 saturated carbocycles. The van der Waals surface area contributed by atoms with Gasteiger partial charge in [0.15, 0.2) is 0 Å². The topological polar surface area (TPSA) is 81.7 Å². The molecule has 0 aromatic heterocycles. The Morgan fingerprint density at radius 3 is 2.26 bits per heavy atom. The first kappa shape index (κ1) is 19.4. The molecule has 0 aliphatic carbocycles. The first-order valence-electron chi connectivity index (χ1n) is 7.39. The van der Waals surface area contributed by atoms with Crippen LogP contribution < -0.4 is 5.32 Å². The van der Waals surface area contributed by atoms with Crippen molar-refractivity contribution in [1.29, 1.82) is 0 Å². The second-order valence-corrected chi connectivity index (χ2v) is 8.06. The zero-order valence-corrected chi connectivity index (χ0v) is 15.0. The molecule has 1 amide bonds. The number of carbonyl (C=O) groups is 1. The highest BCUT2D eigenvalue weighted by Gasteiger charge is 2.23. The van der Waals surface area contributed by atoms with Crippen molar-refractivity contribution >= 4 is 16.2 Å². The summed E-state index contributed by atoms with van der Waals surface area (Å²) in [5.41, 5.74) is 0.238. The molecule has 0 unspecified atom stereocenters. The van der Waals surface area contributed by atoms with Crippen LogP contribution in [-0.2, 0) is 19.0 Å². The van der Waals surface area contributed by atoms with Gasteiger partial charge in [0.05, 0.1) is 18.4 Å². The minimum absolute atomic E-state index is 0.302. The molecule has 7 heteroatoms. The maximum Gasteiger partial charge on any atom is 0.408 e. The normalized spacial score (nSPS) is 14.8. The van der Waals surface area contributed by atoms with Gasteiger partial charge >= 0.3 is 6.09 Å².